The highest BCUT2D eigenvalue weighted by Crippen LogP contribution is 2.39. The number of benzene rings is 5. The van der Waals surface area contributed by atoms with Gasteiger partial charge in [0.05, 0.1) is 0 Å². The topological polar surface area (TPSA) is 6.48 Å². The van der Waals surface area contributed by atoms with E-state index in [9.17, 15) is 0 Å². The zero-order valence-corrected chi connectivity index (χ0v) is 22.4. The van der Waals surface area contributed by atoms with Crippen LogP contribution in [0, 0.1) is 0 Å². The molecule has 0 aliphatic rings. The van der Waals surface area contributed by atoms with Crippen molar-refractivity contribution in [2.45, 2.75) is 39.5 Å². The number of rotatable bonds is 10. The molecule has 0 radical (unpaired) electrons. The van der Waals surface area contributed by atoms with E-state index in [2.05, 4.69) is 157 Å². The molecule has 5 aromatic rings. The molecule has 0 aliphatic carbocycles. The van der Waals surface area contributed by atoms with Crippen LogP contribution in [0.15, 0.2) is 133 Å². The molecule has 5 rings (SSSR count). The summed E-state index contributed by atoms with van der Waals surface area (Å²) in [6, 6.07) is 48.1. The van der Waals surface area contributed by atoms with Crippen LogP contribution in [-0.4, -0.2) is 0 Å². The second-order valence-corrected chi connectivity index (χ2v) is 9.69. The Kier molecular flexibility index (Phi) is 8.20. The molecule has 0 fully saturated rings. The Labute approximate surface area is 227 Å². The van der Waals surface area contributed by atoms with Crippen LogP contribution in [0.5, 0.6) is 0 Å². The molecule has 0 atom stereocenters. The normalized spacial score (nSPS) is 10.8. The minimum atomic E-state index is 1.11. The average molecular weight is 497 g/mol. The maximum Gasteiger partial charge on any atom is 0.0463 e. The first-order chi connectivity index (χ1) is 18.8. The monoisotopic (exact) mass is 496 g/mol. The van der Waals surface area contributed by atoms with Gasteiger partial charge in [0, 0.05) is 34.1 Å². The van der Waals surface area contributed by atoms with Gasteiger partial charge in [-0.3, -0.25) is 0 Å². The van der Waals surface area contributed by atoms with Crippen LogP contribution in [-0.2, 0) is 12.8 Å². The molecule has 5 aromatic carbocycles. The Bertz CT molecular complexity index is 1280. The minimum absolute atomic E-state index is 1.11. The third kappa shape index (κ3) is 5.81. The van der Waals surface area contributed by atoms with E-state index in [0.717, 1.165) is 59.8 Å². The molecule has 0 bridgehead atoms. The van der Waals surface area contributed by atoms with Gasteiger partial charge in [-0.1, -0.05) is 87.4 Å². The summed E-state index contributed by atoms with van der Waals surface area (Å²) < 4.78 is 0. The van der Waals surface area contributed by atoms with Gasteiger partial charge in [-0.25, -0.2) is 0 Å². The van der Waals surface area contributed by atoms with Gasteiger partial charge < -0.3 is 9.80 Å². The van der Waals surface area contributed by atoms with Crippen molar-refractivity contribution in [3.63, 3.8) is 0 Å². The van der Waals surface area contributed by atoms with Crippen LogP contribution in [0.25, 0.3) is 0 Å². The zero-order valence-electron chi connectivity index (χ0n) is 22.4. The van der Waals surface area contributed by atoms with Crippen molar-refractivity contribution in [1.29, 1.82) is 0 Å². The Morgan fingerprint density at radius 2 is 0.605 bits per heavy atom. The molecule has 38 heavy (non-hydrogen) atoms. The van der Waals surface area contributed by atoms with Crippen LogP contribution in [0.1, 0.15) is 37.8 Å². The highest BCUT2D eigenvalue weighted by atomic mass is 15.2. The number of anilines is 6. The zero-order chi connectivity index (χ0) is 26.2. The summed E-state index contributed by atoms with van der Waals surface area (Å²) in [4.78, 5) is 4.65. The standard InChI is InChI=1S/C36H36N2/c1-3-11-29-17-21-33(22-18-29)37(31-13-7-5-8-14-31)35-25-27-36(28-26-35)38(32-15-9-6-10-16-32)34-23-19-30(12-4-2)20-24-34/h5-10,13-28H,3-4,11-12H2,1-2H3. The second kappa shape index (κ2) is 12.3. The van der Waals surface area contributed by atoms with E-state index >= 15 is 0 Å². The largest absolute Gasteiger partial charge is 0.311 e. The molecule has 0 amide bonds. The van der Waals surface area contributed by atoms with E-state index in [0.29, 0.717) is 0 Å². The Hall–Kier alpha value is -4.30. The lowest BCUT2D eigenvalue weighted by molar-refractivity contribution is 0.921. The molecule has 2 heteroatoms. The molecule has 0 aliphatic heterocycles. The quantitative estimate of drug-likeness (QED) is 0.190. The summed E-state index contributed by atoms with van der Waals surface area (Å²) >= 11 is 0. The maximum atomic E-state index is 2.33. The molecule has 0 N–H and O–H groups in total. The molecule has 2 nitrogen and oxygen atoms in total. The molecule has 0 unspecified atom stereocenters. The Balaban J connectivity index is 1.52. The first-order valence-electron chi connectivity index (χ1n) is 13.7. The molecule has 0 spiro atoms. The van der Waals surface area contributed by atoms with Crippen LogP contribution >= 0.6 is 0 Å². The van der Waals surface area contributed by atoms with Crippen LogP contribution < -0.4 is 9.80 Å². The van der Waals surface area contributed by atoms with Gasteiger partial charge in [0.1, 0.15) is 0 Å². The fourth-order valence-corrected chi connectivity index (χ4v) is 5.00. The SMILES string of the molecule is CCCc1ccc(N(c2ccccc2)c2ccc(N(c3ccccc3)c3ccc(CCC)cc3)cc2)cc1. The summed E-state index contributed by atoms with van der Waals surface area (Å²) in [6.45, 7) is 4.45. The lowest BCUT2D eigenvalue weighted by atomic mass is 10.1. The number of para-hydroxylation sites is 2. The van der Waals surface area contributed by atoms with Gasteiger partial charge in [-0.15, -0.1) is 0 Å². The van der Waals surface area contributed by atoms with Gasteiger partial charge in [-0.05, 0) is 96.8 Å². The molecular weight excluding hydrogens is 460 g/mol. The summed E-state index contributed by atoms with van der Waals surface area (Å²) in [5.41, 5.74) is 9.64. The van der Waals surface area contributed by atoms with Gasteiger partial charge in [0.15, 0.2) is 0 Å². The van der Waals surface area contributed by atoms with Crippen molar-refractivity contribution in [1.82, 2.24) is 0 Å². The fourth-order valence-electron chi connectivity index (χ4n) is 5.00. The first-order valence-corrected chi connectivity index (χ1v) is 13.7. The van der Waals surface area contributed by atoms with Crippen LogP contribution in [0.3, 0.4) is 0 Å². The van der Waals surface area contributed by atoms with E-state index in [-0.39, 0.29) is 0 Å². The molecular formula is C36H36N2. The van der Waals surface area contributed by atoms with Gasteiger partial charge >= 0.3 is 0 Å². The van der Waals surface area contributed by atoms with Crippen molar-refractivity contribution in [2.24, 2.45) is 0 Å². The number of hydrogen-bond donors (Lipinski definition) is 0. The van der Waals surface area contributed by atoms with Gasteiger partial charge in [-0.2, -0.15) is 0 Å². The van der Waals surface area contributed by atoms with Crippen molar-refractivity contribution >= 4 is 34.1 Å². The molecule has 0 heterocycles. The maximum absolute atomic E-state index is 2.33. The van der Waals surface area contributed by atoms with E-state index in [1.807, 2.05) is 0 Å². The molecule has 0 aromatic heterocycles. The Morgan fingerprint density at radius 1 is 0.342 bits per heavy atom. The number of hydrogen-bond acceptors (Lipinski definition) is 2. The highest BCUT2D eigenvalue weighted by Gasteiger charge is 2.15. The third-order valence-electron chi connectivity index (χ3n) is 6.86. The first kappa shape index (κ1) is 25.4. The van der Waals surface area contributed by atoms with E-state index in [4.69, 9.17) is 0 Å². The lowest BCUT2D eigenvalue weighted by Crippen LogP contribution is -2.12. The predicted octanol–water partition coefficient (Wildman–Crippen LogP) is 10.5. The Morgan fingerprint density at radius 3 is 0.895 bits per heavy atom. The van der Waals surface area contributed by atoms with E-state index in [1.54, 1.807) is 0 Å². The summed E-state index contributed by atoms with van der Waals surface area (Å²) in [6.07, 6.45) is 4.52. The third-order valence-corrected chi connectivity index (χ3v) is 6.86. The van der Waals surface area contributed by atoms with Gasteiger partial charge in [0.25, 0.3) is 0 Å². The van der Waals surface area contributed by atoms with E-state index < -0.39 is 0 Å². The number of nitrogens with zero attached hydrogens (tertiary/aromatic N) is 2. The van der Waals surface area contributed by atoms with Crippen molar-refractivity contribution in [3.05, 3.63) is 145 Å². The van der Waals surface area contributed by atoms with Gasteiger partial charge in [0.2, 0.25) is 0 Å². The summed E-state index contributed by atoms with van der Waals surface area (Å²) in [7, 11) is 0. The van der Waals surface area contributed by atoms with Crippen LogP contribution in [0.4, 0.5) is 34.1 Å². The van der Waals surface area contributed by atoms with Crippen LogP contribution in [0.2, 0.25) is 0 Å². The predicted molar refractivity (Wildman–Crippen MR) is 164 cm³/mol. The average Bonchev–Trinajstić information content (AvgIpc) is 2.97. The smallest absolute Gasteiger partial charge is 0.0463 e. The molecule has 190 valence electrons. The lowest BCUT2D eigenvalue weighted by Gasteiger charge is -2.28. The minimum Gasteiger partial charge on any atom is -0.311 e. The second-order valence-electron chi connectivity index (χ2n) is 9.69. The van der Waals surface area contributed by atoms with E-state index in [1.165, 1.54) is 11.1 Å². The summed E-state index contributed by atoms with van der Waals surface area (Å²) in [5, 5.41) is 0. The summed E-state index contributed by atoms with van der Waals surface area (Å²) in [5.74, 6) is 0. The van der Waals surface area contributed by atoms with Crippen molar-refractivity contribution < 1.29 is 0 Å². The van der Waals surface area contributed by atoms with Crippen molar-refractivity contribution in [2.75, 3.05) is 9.80 Å². The molecule has 0 saturated carbocycles. The number of aryl methyl sites for hydroxylation is 2. The fraction of sp³-hybridized carbons (Fsp3) is 0.167. The van der Waals surface area contributed by atoms with Crippen molar-refractivity contribution in [3.8, 4) is 0 Å². The highest BCUT2D eigenvalue weighted by molar-refractivity contribution is 5.81. The molecule has 0 saturated heterocycles.